The van der Waals surface area contributed by atoms with E-state index >= 15 is 0 Å². The highest BCUT2D eigenvalue weighted by Gasteiger charge is 2.23. The maximum atomic E-state index is 10.9. The van der Waals surface area contributed by atoms with Crippen molar-refractivity contribution in [3.63, 3.8) is 0 Å². The van der Waals surface area contributed by atoms with Crippen LogP contribution >= 0.6 is 0 Å². The Balaban J connectivity index is 1.89. The number of carbonyl (C=O) groups is 1. The zero-order valence-electron chi connectivity index (χ0n) is 10.1. The third kappa shape index (κ3) is 2.27. The Kier molecular flexibility index (Phi) is 2.87. The normalized spacial score (nSPS) is 17.4. The fourth-order valence-electron chi connectivity index (χ4n) is 2.18. The SMILES string of the molecule is O=C(O)c1ccnc(C2COc3ccccc3C2)n1. The predicted octanol–water partition coefficient (Wildman–Crippen LogP) is 1.89. The van der Waals surface area contributed by atoms with E-state index in [1.54, 1.807) is 0 Å². The van der Waals surface area contributed by atoms with Gasteiger partial charge in [-0.1, -0.05) is 18.2 Å². The first-order valence-corrected chi connectivity index (χ1v) is 6.01. The summed E-state index contributed by atoms with van der Waals surface area (Å²) < 4.78 is 5.66. The van der Waals surface area contributed by atoms with Gasteiger partial charge in [-0.15, -0.1) is 0 Å². The van der Waals surface area contributed by atoms with E-state index in [0.717, 1.165) is 17.7 Å². The molecule has 5 heteroatoms. The van der Waals surface area contributed by atoms with Crippen LogP contribution in [-0.2, 0) is 6.42 Å². The van der Waals surface area contributed by atoms with Crippen LogP contribution in [0.25, 0.3) is 0 Å². The maximum Gasteiger partial charge on any atom is 0.354 e. The van der Waals surface area contributed by atoms with Gasteiger partial charge < -0.3 is 9.84 Å². The Hall–Kier alpha value is -2.43. The fourth-order valence-corrected chi connectivity index (χ4v) is 2.18. The molecule has 0 spiro atoms. The highest BCUT2D eigenvalue weighted by molar-refractivity contribution is 5.85. The number of benzene rings is 1. The van der Waals surface area contributed by atoms with E-state index in [2.05, 4.69) is 9.97 Å². The molecule has 2 aromatic rings. The Morgan fingerprint density at radius 2 is 2.16 bits per heavy atom. The molecule has 1 aromatic heterocycles. The lowest BCUT2D eigenvalue weighted by atomic mass is 9.96. The summed E-state index contributed by atoms with van der Waals surface area (Å²) in [5.41, 5.74) is 1.12. The predicted molar refractivity (Wildman–Crippen MR) is 67.4 cm³/mol. The molecule has 0 fully saturated rings. The second kappa shape index (κ2) is 4.68. The number of nitrogens with zero attached hydrogens (tertiary/aromatic N) is 2. The van der Waals surface area contributed by atoms with Crippen molar-refractivity contribution in [1.29, 1.82) is 0 Å². The highest BCUT2D eigenvalue weighted by atomic mass is 16.5. The van der Waals surface area contributed by atoms with E-state index in [0.29, 0.717) is 12.4 Å². The van der Waals surface area contributed by atoms with Crippen LogP contribution < -0.4 is 4.74 Å². The van der Waals surface area contributed by atoms with Crippen LogP contribution in [0.1, 0.15) is 27.8 Å². The lowest BCUT2D eigenvalue weighted by Crippen LogP contribution is -2.21. The molecule has 1 aliphatic heterocycles. The first-order valence-electron chi connectivity index (χ1n) is 6.01. The van der Waals surface area contributed by atoms with Crippen molar-refractivity contribution in [3.05, 3.63) is 53.6 Å². The van der Waals surface area contributed by atoms with E-state index in [-0.39, 0.29) is 11.6 Å². The number of hydrogen-bond acceptors (Lipinski definition) is 4. The second-order valence-electron chi connectivity index (χ2n) is 4.43. The zero-order chi connectivity index (χ0) is 13.2. The average molecular weight is 256 g/mol. The number of ether oxygens (including phenoxy) is 1. The van der Waals surface area contributed by atoms with Crippen LogP contribution in [0.3, 0.4) is 0 Å². The van der Waals surface area contributed by atoms with Crippen LogP contribution in [-0.4, -0.2) is 27.7 Å². The van der Waals surface area contributed by atoms with Crippen molar-refractivity contribution in [2.45, 2.75) is 12.3 Å². The smallest absolute Gasteiger partial charge is 0.354 e. The zero-order valence-corrected chi connectivity index (χ0v) is 10.1. The summed E-state index contributed by atoms with van der Waals surface area (Å²) in [4.78, 5) is 19.2. The molecule has 0 saturated carbocycles. The largest absolute Gasteiger partial charge is 0.493 e. The van der Waals surface area contributed by atoms with Crippen LogP contribution in [0.15, 0.2) is 36.5 Å². The van der Waals surface area contributed by atoms with Gasteiger partial charge in [0.15, 0.2) is 5.69 Å². The standard InChI is InChI=1S/C14H12N2O3/c17-14(18)11-5-6-15-13(16-11)10-7-9-3-1-2-4-12(9)19-8-10/h1-6,10H,7-8H2,(H,17,18). The third-order valence-electron chi connectivity index (χ3n) is 3.14. The second-order valence-corrected chi connectivity index (χ2v) is 4.43. The number of carboxylic acids is 1. The summed E-state index contributed by atoms with van der Waals surface area (Å²) in [6.07, 6.45) is 2.24. The molecule has 2 heterocycles. The van der Waals surface area contributed by atoms with Gasteiger partial charge in [0.25, 0.3) is 0 Å². The minimum absolute atomic E-state index is 0.00537. The number of hydrogen-bond donors (Lipinski definition) is 1. The minimum Gasteiger partial charge on any atom is -0.493 e. The first-order chi connectivity index (χ1) is 9.24. The van der Waals surface area contributed by atoms with E-state index in [1.165, 1.54) is 12.3 Å². The van der Waals surface area contributed by atoms with Gasteiger partial charge in [0, 0.05) is 6.20 Å². The molecular weight excluding hydrogens is 244 g/mol. The van der Waals surface area contributed by atoms with Gasteiger partial charge in [-0.3, -0.25) is 0 Å². The molecule has 0 amide bonds. The average Bonchev–Trinajstić information content (AvgIpc) is 2.47. The Labute approximate surface area is 109 Å². The lowest BCUT2D eigenvalue weighted by molar-refractivity contribution is 0.0689. The molecule has 96 valence electrons. The summed E-state index contributed by atoms with van der Waals surface area (Å²) in [6.45, 7) is 0.472. The summed E-state index contributed by atoms with van der Waals surface area (Å²) in [5.74, 6) is 0.359. The molecule has 1 N–H and O–H groups in total. The van der Waals surface area contributed by atoms with Gasteiger partial charge in [0.2, 0.25) is 0 Å². The topological polar surface area (TPSA) is 72.3 Å². The lowest BCUT2D eigenvalue weighted by Gasteiger charge is -2.24. The molecule has 1 unspecified atom stereocenters. The number of rotatable bonds is 2. The van der Waals surface area contributed by atoms with Crippen molar-refractivity contribution in [2.75, 3.05) is 6.61 Å². The Morgan fingerprint density at radius 1 is 1.32 bits per heavy atom. The van der Waals surface area contributed by atoms with Crippen molar-refractivity contribution in [1.82, 2.24) is 9.97 Å². The summed E-state index contributed by atoms with van der Waals surface area (Å²) >= 11 is 0. The van der Waals surface area contributed by atoms with E-state index in [9.17, 15) is 4.79 Å². The molecule has 5 nitrogen and oxygen atoms in total. The van der Waals surface area contributed by atoms with E-state index in [4.69, 9.17) is 9.84 Å². The monoisotopic (exact) mass is 256 g/mol. The molecule has 0 radical (unpaired) electrons. The summed E-state index contributed by atoms with van der Waals surface area (Å²) in [7, 11) is 0. The fraction of sp³-hybridized carbons (Fsp3) is 0.214. The summed E-state index contributed by atoms with van der Waals surface area (Å²) in [5, 5.41) is 8.94. The quantitative estimate of drug-likeness (QED) is 0.888. The van der Waals surface area contributed by atoms with Gasteiger partial charge in [-0.25, -0.2) is 14.8 Å². The van der Waals surface area contributed by atoms with Gasteiger partial charge in [-0.2, -0.15) is 0 Å². The molecule has 0 saturated heterocycles. The van der Waals surface area contributed by atoms with Gasteiger partial charge in [0.05, 0.1) is 12.5 Å². The van der Waals surface area contributed by atoms with Crippen LogP contribution in [0.5, 0.6) is 5.75 Å². The molecule has 0 bridgehead atoms. The molecule has 1 aliphatic rings. The number of aromatic nitrogens is 2. The maximum absolute atomic E-state index is 10.9. The molecule has 19 heavy (non-hydrogen) atoms. The number of aromatic carboxylic acids is 1. The molecular formula is C14H12N2O3. The van der Waals surface area contributed by atoms with Crippen molar-refractivity contribution in [2.24, 2.45) is 0 Å². The van der Waals surface area contributed by atoms with Crippen LogP contribution in [0.4, 0.5) is 0 Å². The van der Waals surface area contributed by atoms with Crippen LogP contribution in [0.2, 0.25) is 0 Å². The van der Waals surface area contributed by atoms with Gasteiger partial charge in [-0.05, 0) is 24.1 Å². The number of fused-ring (bicyclic) bond motifs is 1. The molecule has 0 aliphatic carbocycles. The number of carboxylic acid groups (broad SMARTS) is 1. The third-order valence-corrected chi connectivity index (χ3v) is 3.14. The molecule has 1 aromatic carbocycles. The number of para-hydroxylation sites is 1. The van der Waals surface area contributed by atoms with Gasteiger partial charge in [0.1, 0.15) is 11.6 Å². The van der Waals surface area contributed by atoms with E-state index in [1.807, 2.05) is 24.3 Å². The first kappa shape index (κ1) is 11.6. The Morgan fingerprint density at radius 3 is 3.00 bits per heavy atom. The highest BCUT2D eigenvalue weighted by Crippen LogP contribution is 2.30. The van der Waals surface area contributed by atoms with Gasteiger partial charge >= 0.3 is 5.97 Å². The Bertz CT molecular complexity index is 628. The minimum atomic E-state index is -1.04. The molecule has 3 rings (SSSR count). The van der Waals surface area contributed by atoms with E-state index < -0.39 is 5.97 Å². The summed E-state index contributed by atoms with van der Waals surface area (Å²) in [6, 6.07) is 9.21. The van der Waals surface area contributed by atoms with Crippen molar-refractivity contribution in [3.8, 4) is 5.75 Å². The van der Waals surface area contributed by atoms with Crippen LogP contribution in [0, 0.1) is 0 Å². The van der Waals surface area contributed by atoms with Crippen molar-refractivity contribution < 1.29 is 14.6 Å². The van der Waals surface area contributed by atoms with Crippen molar-refractivity contribution >= 4 is 5.97 Å². The molecule has 1 atom stereocenters.